The summed E-state index contributed by atoms with van der Waals surface area (Å²) in [6.07, 6.45) is -0.213. The third-order valence-electron chi connectivity index (χ3n) is 1.98. The van der Waals surface area contributed by atoms with Gasteiger partial charge in [-0.1, -0.05) is 30.3 Å². The predicted molar refractivity (Wildman–Crippen MR) is 55.1 cm³/mol. The van der Waals surface area contributed by atoms with E-state index in [1.807, 2.05) is 30.3 Å². The minimum atomic E-state index is -1.58. The van der Waals surface area contributed by atoms with E-state index in [1.165, 1.54) is 0 Å². The van der Waals surface area contributed by atoms with Crippen molar-refractivity contribution in [2.24, 2.45) is 0 Å². The fourth-order valence-corrected chi connectivity index (χ4v) is 1.91. The lowest BCUT2D eigenvalue weighted by Gasteiger charge is -2.06. The van der Waals surface area contributed by atoms with Gasteiger partial charge in [-0.05, 0) is 5.56 Å². The second-order valence-corrected chi connectivity index (χ2v) is 4.04. The first-order chi connectivity index (χ1) is 7.34. The molecule has 0 amide bonds. The zero-order valence-corrected chi connectivity index (χ0v) is 8.94. The van der Waals surface area contributed by atoms with Gasteiger partial charge in [0.1, 0.15) is 6.10 Å². The average molecular weight is 228 g/mol. The molecular weight excluding hydrogens is 216 g/mol. The fourth-order valence-electron chi connectivity index (χ4n) is 1.26. The summed E-state index contributed by atoms with van der Waals surface area (Å²) in [5.74, 6) is 0. The Morgan fingerprint density at radius 2 is 2.20 bits per heavy atom. The van der Waals surface area contributed by atoms with Crippen molar-refractivity contribution in [3.63, 3.8) is 0 Å². The Labute approximate surface area is 91.0 Å². The number of ether oxygens (including phenoxy) is 1. The quantitative estimate of drug-likeness (QED) is 0.776. The average Bonchev–Trinajstić information content (AvgIpc) is 2.66. The molecule has 1 aromatic rings. The van der Waals surface area contributed by atoms with Gasteiger partial charge in [0.25, 0.3) is 0 Å². The number of rotatable bonds is 4. The van der Waals surface area contributed by atoms with Crippen LogP contribution in [0.25, 0.3) is 0 Å². The van der Waals surface area contributed by atoms with E-state index >= 15 is 0 Å². The van der Waals surface area contributed by atoms with Crippen LogP contribution in [0.1, 0.15) is 5.56 Å². The summed E-state index contributed by atoms with van der Waals surface area (Å²) >= 11 is -1.58. The zero-order valence-electron chi connectivity index (χ0n) is 8.13. The Balaban J connectivity index is 1.69. The standard InChI is InChI=1S/C10H12O4S/c11-15-13-8-10(14-15)7-12-6-9-4-2-1-3-5-9/h1-5,10H,6-8H2/t10-,15?/m1/s1. The van der Waals surface area contributed by atoms with E-state index < -0.39 is 11.4 Å². The summed E-state index contributed by atoms with van der Waals surface area (Å²) in [6.45, 7) is 1.27. The molecule has 0 radical (unpaired) electrons. The van der Waals surface area contributed by atoms with E-state index in [4.69, 9.17) is 13.1 Å². The van der Waals surface area contributed by atoms with Gasteiger partial charge >= 0.3 is 11.4 Å². The molecule has 1 fully saturated rings. The van der Waals surface area contributed by atoms with E-state index in [0.29, 0.717) is 19.8 Å². The van der Waals surface area contributed by atoms with Crippen molar-refractivity contribution in [2.45, 2.75) is 12.7 Å². The molecule has 1 aliphatic rings. The lowest BCUT2D eigenvalue weighted by molar-refractivity contribution is 0.0519. The summed E-state index contributed by atoms with van der Waals surface area (Å²) in [6, 6.07) is 9.86. The molecule has 0 aromatic heterocycles. The molecule has 15 heavy (non-hydrogen) atoms. The van der Waals surface area contributed by atoms with Crippen molar-refractivity contribution in [3.8, 4) is 0 Å². The molecule has 1 unspecified atom stereocenters. The van der Waals surface area contributed by atoms with Gasteiger partial charge in [0, 0.05) is 0 Å². The third kappa shape index (κ3) is 3.39. The van der Waals surface area contributed by atoms with E-state index in [2.05, 4.69) is 0 Å². The van der Waals surface area contributed by atoms with Crippen LogP contribution in [0.5, 0.6) is 0 Å². The van der Waals surface area contributed by atoms with Gasteiger partial charge in [0.05, 0.1) is 19.8 Å². The molecule has 1 aliphatic heterocycles. The molecule has 4 nitrogen and oxygen atoms in total. The largest absolute Gasteiger partial charge is 0.374 e. The lowest BCUT2D eigenvalue weighted by atomic mass is 10.2. The maximum atomic E-state index is 10.7. The molecule has 1 heterocycles. The molecule has 1 saturated heterocycles. The van der Waals surface area contributed by atoms with Crippen molar-refractivity contribution >= 4 is 11.4 Å². The summed E-state index contributed by atoms with van der Waals surface area (Å²) < 4.78 is 25.8. The van der Waals surface area contributed by atoms with Gasteiger partial charge in [-0.15, -0.1) is 0 Å². The van der Waals surface area contributed by atoms with Crippen LogP contribution in [-0.4, -0.2) is 23.5 Å². The van der Waals surface area contributed by atoms with E-state index in [1.54, 1.807) is 0 Å². The maximum Gasteiger partial charge on any atom is 0.305 e. The summed E-state index contributed by atoms with van der Waals surface area (Å²) in [4.78, 5) is 0. The molecule has 0 spiro atoms. The van der Waals surface area contributed by atoms with Crippen LogP contribution in [0.4, 0.5) is 0 Å². The number of benzene rings is 1. The first-order valence-electron chi connectivity index (χ1n) is 4.68. The highest BCUT2D eigenvalue weighted by Crippen LogP contribution is 2.10. The minimum Gasteiger partial charge on any atom is -0.374 e. The van der Waals surface area contributed by atoms with Crippen molar-refractivity contribution in [2.75, 3.05) is 13.2 Å². The lowest BCUT2D eigenvalue weighted by Crippen LogP contribution is -2.17. The summed E-state index contributed by atoms with van der Waals surface area (Å²) in [5, 5.41) is 0. The molecule has 82 valence electrons. The Morgan fingerprint density at radius 1 is 1.40 bits per heavy atom. The molecule has 0 saturated carbocycles. The molecule has 0 N–H and O–H groups in total. The molecule has 1 aromatic carbocycles. The van der Waals surface area contributed by atoms with Gasteiger partial charge in [-0.3, -0.25) is 8.37 Å². The zero-order chi connectivity index (χ0) is 10.5. The van der Waals surface area contributed by atoms with Gasteiger partial charge in [0.2, 0.25) is 0 Å². The Bertz CT molecular complexity index is 327. The highest BCUT2D eigenvalue weighted by atomic mass is 32.2. The fraction of sp³-hybridized carbons (Fsp3) is 0.400. The second kappa shape index (κ2) is 5.37. The first-order valence-corrected chi connectivity index (χ1v) is 5.68. The van der Waals surface area contributed by atoms with Crippen LogP contribution in [0.15, 0.2) is 30.3 Å². The summed E-state index contributed by atoms with van der Waals surface area (Å²) in [7, 11) is 0. The van der Waals surface area contributed by atoms with Crippen LogP contribution < -0.4 is 0 Å². The van der Waals surface area contributed by atoms with E-state index in [0.717, 1.165) is 5.56 Å². The Hall–Kier alpha value is -0.750. The maximum absolute atomic E-state index is 10.7. The molecule has 2 atom stereocenters. The topological polar surface area (TPSA) is 44.8 Å². The normalized spacial score (nSPS) is 25.6. The van der Waals surface area contributed by atoms with Gasteiger partial charge < -0.3 is 4.74 Å². The molecule has 0 bridgehead atoms. The first kappa shape index (κ1) is 10.8. The third-order valence-corrected chi connectivity index (χ3v) is 2.74. The number of hydrogen-bond donors (Lipinski definition) is 0. The van der Waals surface area contributed by atoms with Crippen molar-refractivity contribution < 1.29 is 17.3 Å². The van der Waals surface area contributed by atoms with E-state index in [9.17, 15) is 4.21 Å². The van der Waals surface area contributed by atoms with Crippen LogP contribution in [-0.2, 0) is 31.1 Å². The highest BCUT2D eigenvalue weighted by Gasteiger charge is 2.23. The smallest absolute Gasteiger partial charge is 0.305 e. The Kier molecular flexibility index (Phi) is 3.85. The monoisotopic (exact) mass is 228 g/mol. The molecule has 5 heteroatoms. The van der Waals surface area contributed by atoms with Crippen molar-refractivity contribution in [1.82, 2.24) is 0 Å². The highest BCUT2D eigenvalue weighted by molar-refractivity contribution is 7.75. The van der Waals surface area contributed by atoms with Crippen LogP contribution in [0, 0.1) is 0 Å². The summed E-state index contributed by atoms with van der Waals surface area (Å²) in [5.41, 5.74) is 1.11. The van der Waals surface area contributed by atoms with Crippen molar-refractivity contribution in [1.29, 1.82) is 0 Å². The molecule has 2 rings (SSSR count). The van der Waals surface area contributed by atoms with Crippen molar-refractivity contribution in [3.05, 3.63) is 35.9 Å². The van der Waals surface area contributed by atoms with Gasteiger partial charge in [-0.25, -0.2) is 0 Å². The molecular formula is C10H12O4S. The van der Waals surface area contributed by atoms with Crippen LogP contribution >= 0.6 is 0 Å². The van der Waals surface area contributed by atoms with Crippen LogP contribution in [0.2, 0.25) is 0 Å². The van der Waals surface area contributed by atoms with Crippen LogP contribution in [0.3, 0.4) is 0 Å². The Morgan fingerprint density at radius 3 is 2.87 bits per heavy atom. The number of hydrogen-bond acceptors (Lipinski definition) is 4. The second-order valence-electron chi connectivity index (χ2n) is 3.21. The van der Waals surface area contributed by atoms with Gasteiger partial charge in [0.15, 0.2) is 0 Å². The molecule has 0 aliphatic carbocycles. The predicted octanol–water partition coefficient (Wildman–Crippen LogP) is 1.20. The minimum absolute atomic E-state index is 0.213. The van der Waals surface area contributed by atoms with Gasteiger partial charge in [-0.2, -0.15) is 4.21 Å². The SMILES string of the molecule is O=S1OC[C@@H](COCc2ccccc2)O1. The van der Waals surface area contributed by atoms with E-state index in [-0.39, 0.29) is 6.10 Å².